The second-order valence-electron chi connectivity index (χ2n) is 4.08. The molecule has 0 heterocycles. The van der Waals surface area contributed by atoms with Crippen molar-refractivity contribution in [1.29, 1.82) is 0 Å². The molecule has 0 saturated carbocycles. The van der Waals surface area contributed by atoms with E-state index >= 15 is 0 Å². The summed E-state index contributed by atoms with van der Waals surface area (Å²) in [5, 5.41) is 21.4. The quantitative estimate of drug-likeness (QED) is 0.160. The molecule has 0 aliphatic carbocycles. The van der Waals surface area contributed by atoms with Crippen molar-refractivity contribution < 1.29 is 29.1 Å². The lowest BCUT2D eigenvalue weighted by Gasteiger charge is -2.10. The summed E-state index contributed by atoms with van der Waals surface area (Å²) in [5.41, 5.74) is -1.74. The highest BCUT2D eigenvalue weighted by molar-refractivity contribution is 6.31. The molecule has 0 unspecified atom stereocenters. The van der Waals surface area contributed by atoms with E-state index in [1.54, 1.807) is 0 Å². The molecule has 23 heavy (non-hydrogen) atoms. The van der Waals surface area contributed by atoms with Crippen molar-refractivity contribution in [3.05, 3.63) is 44.5 Å². The lowest BCUT2D eigenvalue weighted by molar-refractivity contribution is -0.385. The fraction of sp³-hybridized carbons (Fsp3) is 0.286. The Hall–Kier alpha value is -2.61. The van der Waals surface area contributed by atoms with Crippen LogP contribution in [0.3, 0.4) is 0 Å². The normalized spacial score (nSPS) is 9.87. The number of hydrogen-bond donors (Lipinski definition) is 1. The van der Waals surface area contributed by atoms with E-state index in [1.165, 1.54) is 19.9 Å². The number of ether oxygens (including phenoxy) is 2. The molecule has 0 saturated heterocycles. The Balaban J connectivity index is 3.55. The topological polar surface area (TPSA) is 116 Å². The fourth-order valence-electron chi connectivity index (χ4n) is 1.67. The van der Waals surface area contributed by atoms with Gasteiger partial charge in [-0.25, -0.2) is 9.59 Å². The number of nitrogens with zero attached hydrogens (tertiary/aromatic N) is 1. The van der Waals surface area contributed by atoms with E-state index in [0.717, 1.165) is 12.1 Å². The first-order valence-corrected chi connectivity index (χ1v) is 6.93. The predicted molar refractivity (Wildman–Crippen MR) is 80.9 cm³/mol. The summed E-state index contributed by atoms with van der Waals surface area (Å²) in [4.78, 5) is 34.0. The number of esters is 2. The monoisotopic (exact) mass is 343 g/mol. The maximum atomic E-state index is 11.9. The number of carbonyl (C=O) groups is 2. The predicted octanol–water partition coefficient (Wildman–Crippen LogP) is 2.64. The first-order valence-electron chi connectivity index (χ1n) is 6.55. The SMILES string of the molecule is CCOC(=O)C(C(=O)OCC)=C(O)c1ccc(Cl)cc1[N+](=O)[O-]. The van der Waals surface area contributed by atoms with E-state index in [-0.39, 0.29) is 23.8 Å². The van der Waals surface area contributed by atoms with Gasteiger partial charge in [0, 0.05) is 11.1 Å². The summed E-state index contributed by atoms with van der Waals surface area (Å²) in [6, 6.07) is 3.38. The third kappa shape index (κ3) is 4.43. The first-order chi connectivity index (χ1) is 10.8. The van der Waals surface area contributed by atoms with Crippen LogP contribution in [0.2, 0.25) is 5.02 Å². The van der Waals surface area contributed by atoms with E-state index in [0.29, 0.717) is 0 Å². The molecule has 1 aromatic rings. The lowest BCUT2D eigenvalue weighted by Crippen LogP contribution is -2.20. The van der Waals surface area contributed by atoms with E-state index in [4.69, 9.17) is 11.6 Å². The van der Waals surface area contributed by atoms with Gasteiger partial charge in [0.15, 0.2) is 11.3 Å². The van der Waals surface area contributed by atoms with Crippen LogP contribution in [0.4, 0.5) is 5.69 Å². The number of halogens is 1. The molecule has 1 rings (SSSR count). The van der Waals surface area contributed by atoms with Crippen molar-refractivity contribution in [1.82, 2.24) is 0 Å². The van der Waals surface area contributed by atoms with Crippen molar-refractivity contribution in [3.63, 3.8) is 0 Å². The van der Waals surface area contributed by atoms with E-state index < -0.39 is 33.9 Å². The van der Waals surface area contributed by atoms with Crippen LogP contribution in [0.25, 0.3) is 5.76 Å². The Kier molecular flexibility index (Phi) is 6.52. The van der Waals surface area contributed by atoms with Gasteiger partial charge in [0.2, 0.25) is 0 Å². The molecular formula is C14H14ClNO7. The van der Waals surface area contributed by atoms with Crippen LogP contribution in [0.15, 0.2) is 23.8 Å². The molecule has 0 amide bonds. The minimum atomic E-state index is -1.15. The molecule has 0 radical (unpaired) electrons. The van der Waals surface area contributed by atoms with Crippen LogP contribution >= 0.6 is 11.6 Å². The molecule has 1 aromatic carbocycles. The minimum absolute atomic E-state index is 0.0575. The second kappa shape index (κ2) is 8.14. The Bertz CT molecular complexity index is 649. The Morgan fingerprint density at radius 2 is 1.74 bits per heavy atom. The third-order valence-corrected chi connectivity index (χ3v) is 2.84. The highest BCUT2D eigenvalue weighted by Crippen LogP contribution is 2.30. The largest absolute Gasteiger partial charge is 0.506 e. The maximum Gasteiger partial charge on any atom is 0.349 e. The fourth-order valence-corrected chi connectivity index (χ4v) is 1.84. The summed E-state index contributed by atoms with van der Waals surface area (Å²) >= 11 is 5.68. The number of hydrogen-bond acceptors (Lipinski definition) is 7. The van der Waals surface area contributed by atoms with Crippen LogP contribution in [0, 0.1) is 10.1 Å². The smallest absolute Gasteiger partial charge is 0.349 e. The molecule has 0 spiro atoms. The van der Waals surface area contributed by atoms with Gasteiger partial charge in [-0.3, -0.25) is 10.1 Å². The molecule has 0 atom stereocenters. The molecule has 0 aliphatic rings. The van der Waals surface area contributed by atoms with Gasteiger partial charge in [0.1, 0.15) is 0 Å². The number of benzene rings is 1. The van der Waals surface area contributed by atoms with Gasteiger partial charge in [-0.15, -0.1) is 0 Å². The van der Waals surface area contributed by atoms with E-state index in [1.807, 2.05) is 0 Å². The minimum Gasteiger partial charge on any atom is -0.506 e. The Morgan fingerprint density at radius 1 is 1.22 bits per heavy atom. The van der Waals surface area contributed by atoms with Crippen molar-refractivity contribution >= 4 is 35.0 Å². The molecule has 0 bridgehead atoms. The molecule has 0 fully saturated rings. The van der Waals surface area contributed by atoms with E-state index in [9.17, 15) is 24.8 Å². The van der Waals surface area contributed by atoms with Crippen LogP contribution in [0.5, 0.6) is 0 Å². The molecule has 0 aliphatic heterocycles. The molecule has 124 valence electrons. The molecule has 9 heteroatoms. The molecule has 1 N–H and O–H groups in total. The number of carbonyl (C=O) groups excluding carboxylic acids is 2. The first kappa shape index (κ1) is 18.4. The summed E-state index contributed by atoms with van der Waals surface area (Å²) in [5.74, 6) is -3.20. The summed E-state index contributed by atoms with van der Waals surface area (Å²) in [7, 11) is 0. The van der Waals surface area contributed by atoms with Crippen molar-refractivity contribution in [2.24, 2.45) is 0 Å². The molecule has 8 nitrogen and oxygen atoms in total. The lowest BCUT2D eigenvalue weighted by atomic mass is 10.1. The van der Waals surface area contributed by atoms with Crippen LogP contribution < -0.4 is 0 Å². The van der Waals surface area contributed by atoms with Gasteiger partial charge >= 0.3 is 11.9 Å². The Labute approximate surface area is 136 Å². The van der Waals surface area contributed by atoms with Crippen LogP contribution in [0.1, 0.15) is 19.4 Å². The number of aliphatic hydroxyl groups is 1. The third-order valence-electron chi connectivity index (χ3n) is 2.61. The molecular weight excluding hydrogens is 330 g/mol. The number of nitro groups is 1. The summed E-state index contributed by atoms with van der Waals surface area (Å²) in [6.07, 6.45) is 0. The van der Waals surface area contributed by atoms with Crippen molar-refractivity contribution in [3.8, 4) is 0 Å². The standard InChI is InChI=1S/C14H14ClNO7/c1-3-22-13(18)11(14(19)23-4-2)12(17)9-6-5-8(15)7-10(9)16(20)21/h5-7,17H,3-4H2,1-2H3. The van der Waals surface area contributed by atoms with Gasteiger partial charge in [-0.1, -0.05) is 11.6 Å². The van der Waals surface area contributed by atoms with Crippen LogP contribution in [-0.4, -0.2) is 35.2 Å². The van der Waals surface area contributed by atoms with Gasteiger partial charge in [0.05, 0.1) is 23.7 Å². The second-order valence-corrected chi connectivity index (χ2v) is 4.52. The number of rotatable bonds is 6. The highest BCUT2D eigenvalue weighted by Gasteiger charge is 2.30. The van der Waals surface area contributed by atoms with Crippen LogP contribution in [-0.2, 0) is 19.1 Å². The van der Waals surface area contributed by atoms with Gasteiger partial charge in [-0.05, 0) is 26.0 Å². The molecule has 0 aromatic heterocycles. The average molecular weight is 344 g/mol. The average Bonchev–Trinajstić information content (AvgIpc) is 2.47. The number of nitro benzene ring substituents is 1. The van der Waals surface area contributed by atoms with Crippen molar-refractivity contribution in [2.45, 2.75) is 13.8 Å². The summed E-state index contributed by atoms with van der Waals surface area (Å²) in [6.45, 7) is 2.89. The summed E-state index contributed by atoms with van der Waals surface area (Å²) < 4.78 is 9.37. The van der Waals surface area contributed by atoms with Gasteiger partial charge in [0.25, 0.3) is 5.69 Å². The zero-order valence-corrected chi connectivity index (χ0v) is 13.1. The van der Waals surface area contributed by atoms with E-state index in [2.05, 4.69) is 9.47 Å². The maximum absolute atomic E-state index is 11.9. The zero-order valence-electron chi connectivity index (χ0n) is 12.4. The highest BCUT2D eigenvalue weighted by atomic mass is 35.5. The Morgan fingerprint density at radius 3 is 2.17 bits per heavy atom. The zero-order chi connectivity index (χ0) is 17.6. The number of aliphatic hydroxyl groups excluding tert-OH is 1. The van der Waals surface area contributed by atoms with Crippen molar-refractivity contribution in [2.75, 3.05) is 13.2 Å². The van der Waals surface area contributed by atoms with Gasteiger partial charge in [-0.2, -0.15) is 0 Å². The van der Waals surface area contributed by atoms with Gasteiger partial charge < -0.3 is 14.6 Å².